The number of rotatable bonds is 2. The van der Waals surface area contributed by atoms with Crippen molar-refractivity contribution in [2.24, 2.45) is 0 Å². The number of carbonyl (C=O) groups excluding carboxylic acids is 2. The summed E-state index contributed by atoms with van der Waals surface area (Å²) in [6.07, 6.45) is 0. The number of hydrazine groups is 1. The van der Waals surface area contributed by atoms with Crippen LogP contribution in [0.25, 0.3) is 0 Å². The second kappa shape index (κ2) is 6.23. The molecule has 1 aromatic heterocycles. The molecule has 5 nitrogen and oxygen atoms in total. The van der Waals surface area contributed by atoms with Gasteiger partial charge in [-0.1, -0.05) is 22.0 Å². The summed E-state index contributed by atoms with van der Waals surface area (Å²) in [6.45, 7) is 1.92. The molecule has 2 rings (SSSR count). The zero-order valence-corrected chi connectivity index (χ0v) is 13.5. The van der Waals surface area contributed by atoms with Gasteiger partial charge in [-0.3, -0.25) is 20.4 Å². The molecule has 7 heteroatoms. The van der Waals surface area contributed by atoms with Crippen molar-refractivity contribution in [3.63, 3.8) is 0 Å². The normalized spacial score (nSPS) is 10.2. The Kier molecular flexibility index (Phi) is 4.61. The number of aryl methyl sites for hydroxylation is 1. The van der Waals surface area contributed by atoms with Crippen LogP contribution in [0, 0.1) is 6.92 Å². The number of hydrogen-bond acceptors (Lipinski definition) is 3. The Bertz CT molecular complexity index is 667. The van der Waals surface area contributed by atoms with E-state index in [4.69, 9.17) is 4.42 Å². The highest BCUT2D eigenvalue weighted by Gasteiger charge is 2.12. The van der Waals surface area contributed by atoms with Crippen molar-refractivity contribution in [1.82, 2.24) is 10.9 Å². The van der Waals surface area contributed by atoms with Crippen LogP contribution in [0.3, 0.4) is 0 Å². The summed E-state index contributed by atoms with van der Waals surface area (Å²) in [7, 11) is 0. The van der Waals surface area contributed by atoms with E-state index < -0.39 is 11.8 Å². The van der Waals surface area contributed by atoms with E-state index in [0.717, 1.165) is 10.0 Å². The smallest absolute Gasteiger partial charge is 0.305 e. The highest BCUT2D eigenvalue weighted by atomic mass is 79.9. The molecule has 0 unspecified atom stereocenters. The molecule has 0 aliphatic rings. The SMILES string of the molecule is Cc1ccc(C(=O)NNC(=O)c2ccc(Br)o2)cc1Br. The van der Waals surface area contributed by atoms with Crippen LogP contribution in [-0.2, 0) is 0 Å². The zero-order valence-electron chi connectivity index (χ0n) is 10.4. The molecule has 104 valence electrons. The summed E-state index contributed by atoms with van der Waals surface area (Å²) in [5.41, 5.74) is 6.05. The molecule has 2 aromatic rings. The topological polar surface area (TPSA) is 71.3 Å². The van der Waals surface area contributed by atoms with Crippen molar-refractivity contribution in [1.29, 1.82) is 0 Å². The van der Waals surface area contributed by atoms with Crippen LogP contribution in [0.4, 0.5) is 0 Å². The minimum Gasteiger partial charge on any atom is -0.444 e. The summed E-state index contributed by atoms with van der Waals surface area (Å²) in [6, 6.07) is 8.25. The molecule has 1 heterocycles. The Morgan fingerprint density at radius 3 is 2.35 bits per heavy atom. The fourth-order valence-corrected chi connectivity index (χ4v) is 2.10. The van der Waals surface area contributed by atoms with Crippen LogP contribution in [-0.4, -0.2) is 11.8 Å². The maximum atomic E-state index is 11.9. The molecule has 0 fully saturated rings. The van der Waals surface area contributed by atoms with Gasteiger partial charge < -0.3 is 4.42 Å². The third-order valence-corrected chi connectivity index (χ3v) is 3.80. The van der Waals surface area contributed by atoms with E-state index in [0.29, 0.717) is 10.2 Å². The Morgan fingerprint density at radius 2 is 1.75 bits per heavy atom. The lowest BCUT2D eigenvalue weighted by Gasteiger charge is -2.07. The molecule has 0 aliphatic heterocycles. The number of hydrogen-bond donors (Lipinski definition) is 2. The van der Waals surface area contributed by atoms with Crippen molar-refractivity contribution in [3.8, 4) is 0 Å². The minimum atomic E-state index is -0.532. The molecule has 2 N–H and O–H groups in total. The lowest BCUT2D eigenvalue weighted by Crippen LogP contribution is -2.41. The summed E-state index contributed by atoms with van der Waals surface area (Å²) in [5, 5.41) is 0. The average Bonchev–Trinajstić information content (AvgIpc) is 2.85. The Balaban J connectivity index is 1.98. The second-order valence-electron chi connectivity index (χ2n) is 3.98. The number of nitrogens with one attached hydrogen (secondary N) is 2. The Hall–Kier alpha value is -1.60. The minimum absolute atomic E-state index is 0.0993. The summed E-state index contributed by atoms with van der Waals surface area (Å²) in [4.78, 5) is 23.5. The van der Waals surface area contributed by atoms with Gasteiger partial charge in [0.2, 0.25) is 0 Å². The van der Waals surface area contributed by atoms with Gasteiger partial charge in [-0.05, 0) is 52.7 Å². The van der Waals surface area contributed by atoms with E-state index in [1.165, 1.54) is 6.07 Å². The van der Waals surface area contributed by atoms with Gasteiger partial charge in [0.1, 0.15) is 0 Å². The van der Waals surface area contributed by atoms with Gasteiger partial charge in [0.25, 0.3) is 5.91 Å². The molecule has 0 saturated carbocycles. The molecule has 0 bridgehead atoms. The average molecular weight is 402 g/mol. The van der Waals surface area contributed by atoms with Crippen LogP contribution in [0.5, 0.6) is 0 Å². The predicted octanol–water partition coefficient (Wildman–Crippen LogP) is 3.19. The number of benzene rings is 1. The van der Waals surface area contributed by atoms with Crippen LogP contribution in [0.1, 0.15) is 26.5 Å². The quantitative estimate of drug-likeness (QED) is 0.759. The van der Waals surface area contributed by atoms with Gasteiger partial charge in [-0.25, -0.2) is 0 Å². The van der Waals surface area contributed by atoms with E-state index in [9.17, 15) is 9.59 Å². The first-order valence-electron chi connectivity index (χ1n) is 5.59. The first-order chi connectivity index (χ1) is 9.47. The fourth-order valence-electron chi connectivity index (χ4n) is 1.42. The van der Waals surface area contributed by atoms with Crippen LogP contribution in [0.15, 0.2) is 43.9 Å². The maximum absolute atomic E-state index is 11.9. The first kappa shape index (κ1) is 14.8. The van der Waals surface area contributed by atoms with E-state index in [1.54, 1.807) is 18.2 Å². The molecule has 2 amide bonds. The predicted molar refractivity (Wildman–Crippen MR) is 80.2 cm³/mol. The number of halogens is 2. The highest BCUT2D eigenvalue weighted by molar-refractivity contribution is 9.10. The third-order valence-electron chi connectivity index (χ3n) is 2.52. The lowest BCUT2D eigenvalue weighted by molar-refractivity contribution is 0.0830. The van der Waals surface area contributed by atoms with Gasteiger partial charge in [0, 0.05) is 10.0 Å². The standard InChI is InChI=1S/C13H10Br2N2O3/c1-7-2-3-8(6-9(7)14)12(18)16-17-13(19)10-4-5-11(15)20-10/h2-6H,1H3,(H,16,18)(H,17,19). The lowest BCUT2D eigenvalue weighted by atomic mass is 10.1. The van der Waals surface area contributed by atoms with E-state index in [1.807, 2.05) is 13.0 Å². The third kappa shape index (κ3) is 3.49. The van der Waals surface area contributed by atoms with Gasteiger partial charge in [0.15, 0.2) is 10.4 Å². The molecule has 0 saturated heterocycles. The van der Waals surface area contributed by atoms with Crippen LogP contribution < -0.4 is 10.9 Å². The molecule has 0 aliphatic carbocycles. The van der Waals surface area contributed by atoms with Crippen molar-refractivity contribution in [2.45, 2.75) is 6.92 Å². The van der Waals surface area contributed by atoms with Crippen molar-refractivity contribution in [2.75, 3.05) is 0 Å². The first-order valence-corrected chi connectivity index (χ1v) is 7.18. The van der Waals surface area contributed by atoms with Crippen LogP contribution >= 0.6 is 31.9 Å². The summed E-state index contributed by atoms with van der Waals surface area (Å²) in [5.74, 6) is -0.845. The van der Waals surface area contributed by atoms with Crippen molar-refractivity contribution in [3.05, 3.63) is 56.4 Å². The van der Waals surface area contributed by atoms with Crippen molar-refractivity contribution < 1.29 is 14.0 Å². The largest absolute Gasteiger partial charge is 0.444 e. The van der Waals surface area contributed by atoms with Crippen molar-refractivity contribution >= 4 is 43.7 Å². The molecule has 0 atom stereocenters. The van der Waals surface area contributed by atoms with E-state index in [2.05, 4.69) is 42.7 Å². The molecular weight excluding hydrogens is 392 g/mol. The van der Waals surface area contributed by atoms with Crippen LogP contribution in [0.2, 0.25) is 0 Å². The summed E-state index contributed by atoms with van der Waals surface area (Å²) < 4.78 is 6.33. The molecule has 0 spiro atoms. The van der Waals surface area contributed by atoms with Gasteiger partial charge in [-0.15, -0.1) is 0 Å². The Morgan fingerprint density at radius 1 is 1.05 bits per heavy atom. The van der Waals surface area contributed by atoms with Gasteiger partial charge in [-0.2, -0.15) is 0 Å². The zero-order chi connectivity index (χ0) is 14.7. The Labute approximate surface area is 132 Å². The van der Waals surface area contributed by atoms with E-state index >= 15 is 0 Å². The molecular formula is C13H10Br2N2O3. The molecule has 1 aromatic carbocycles. The number of carbonyl (C=O) groups is 2. The van der Waals surface area contributed by atoms with Gasteiger partial charge >= 0.3 is 5.91 Å². The molecule has 0 radical (unpaired) electrons. The monoisotopic (exact) mass is 400 g/mol. The highest BCUT2D eigenvalue weighted by Crippen LogP contribution is 2.17. The maximum Gasteiger partial charge on any atom is 0.305 e. The fraction of sp³-hybridized carbons (Fsp3) is 0.0769. The van der Waals surface area contributed by atoms with Gasteiger partial charge in [0.05, 0.1) is 0 Å². The number of furan rings is 1. The second-order valence-corrected chi connectivity index (χ2v) is 5.61. The molecule has 20 heavy (non-hydrogen) atoms. The van der Waals surface area contributed by atoms with E-state index in [-0.39, 0.29) is 5.76 Å². The number of amides is 2. The summed E-state index contributed by atoms with van der Waals surface area (Å²) >= 11 is 6.44.